The minimum atomic E-state index is -3.11. The summed E-state index contributed by atoms with van der Waals surface area (Å²) in [5, 5.41) is 0. The van der Waals surface area contributed by atoms with Crippen LogP contribution in [0.3, 0.4) is 0 Å². The van der Waals surface area contributed by atoms with Crippen molar-refractivity contribution >= 4 is 81.7 Å². The van der Waals surface area contributed by atoms with Crippen LogP contribution in [0.4, 0.5) is 0 Å². The van der Waals surface area contributed by atoms with Gasteiger partial charge in [0.25, 0.3) is 0 Å². The molecule has 0 nitrogen and oxygen atoms in total. The molecule has 0 atom stereocenters. The summed E-state index contributed by atoms with van der Waals surface area (Å²) >= 11 is 20.0. The van der Waals surface area contributed by atoms with Crippen LogP contribution in [0, 0.1) is 0 Å². The van der Waals surface area contributed by atoms with Gasteiger partial charge < -0.3 is 1.43 Å². The Morgan fingerprint density at radius 3 is 0.750 bits per heavy atom. The zero-order chi connectivity index (χ0) is 6.41. The van der Waals surface area contributed by atoms with E-state index in [0.717, 1.165) is 0 Å². The molecule has 53 valence electrons. The predicted molar refractivity (Wildman–Crippen MR) is 54.7 cm³/mol. The summed E-state index contributed by atoms with van der Waals surface area (Å²) < 4.78 is -3.11. The topological polar surface area (TPSA) is 0 Å². The van der Waals surface area contributed by atoms with Gasteiger partial charge in [-0.2, -0.15) is 0 Å². The van der Waals surface area contributed by atoms with Gasteiger partial charge in [-0.3, -0.25) is 0 Å². The second-order valence-corrected chi connectivity index (χ2v) is 114. The van der Waals surface area contributed by atoms with E-state index in [-0.39, 0.29) is 31.0 Å². The van der Waals surface area contributed by atoms with Gasteiger partial charge in [0, 0.05) is 0 Å². The van der Waals surface area contributed by atoms with Gasteiger partial charge in [-0.05, 0) is 0 Å². The first-order valence-corrected chi connectivity index (χ1v) is 23.2. The van der Waals surface area contributed by atoms with Crippen molar-refractivity contribution in [3.8, 4) is 0 Å². The van der Waals surface area contributed by atoms with Gasteiger partial charge in [0.05, 0.1) is 0 Å². The molecule has 0 bridgehead atoms. The molecule has 8 heteroatoms. The first-order chi connectivity index (χ1) is 2.45. The van der Waals surface area contributed by atoms with Gasteiger partial charge in [0.1, 0.15) is 0 Å². The maximum atomic E-state index is 3.34. The van der Waals surface area contributed by atoms with Crippen molar-refractivity contribution in [2.45, 2.75) is 0 Å². The van der Waals surface area contributed by atoms with E-state index in [1.165, 1.54) is 0 Å². The third kappa shape index (κ3) is 46.8. The molecule has 0 spiro atoms. The van der Waals surface area contributed by atoms with Crippen LogP contribution in [-0.4, -0.2) is 0 Å². The Hall–Kier alpha value is 4.50. The fourth-order valence-electron chi connectivity index (χ4n) is 0. The summed E-state index contributed by atoms with van der Waals surface area (Å²) in [6.45, 7) is 0. The van der Waals surface area contributed by atoms with Crippen molar-refractivity contribution in [1.29, 1.82) is 0 Å². The van der Waals surface area contributed by atoms with Crippen LogP contribution < -0.4 is 29.6 Å². The normalized spacial score (nSPS) is 20.2. The molecule has 0 N–H and O–H groups in total. The molecule has 0 fully saturated rings. The summed E-state index contributed by atoms with van der Waals surface area (Å²) in [6, 6.07) is 0. The van der Waals surface area contributed by atoms with E-state index in [1.807, 2.05) is 0 Å². The summed E-state index contributed by atoms with van der Waals surface area (Å²) in [5.41, 5.74) is 0. The molecule has 0 aliphatic carbocycles. The fourth-order valence-corrected chi connectivity index (χ4v) is 0. The fraction of sp³-hybridized carbons (Fsp3) is 0. The van der Waals surface area contributed by atoms with Gasteiger partial charge in [-0.25, -0.2) is 0 Å². The van der Waals surface area contributed by atoms with Gasteiger partial charge in [0.15, 0.2) is 0 Å². The molecule has 0 radical (unpaired) electrons. The molecule has 0 aromatic heterocycles. The molecule has 0 unspecified atom stereocenters. The van der Waals surface area contributed by atoms with Crippen molar-refractivity contribution in [2.24, 2.45) is 0 Å². The Labute approximate surface area is 110 Å². The van der Waals surface area contributed by atoms with Crippen molar-refractivity contribution in [3.05, 3.63) is 0 Å². The van der Waals surface area contributed by atoms with Crippen molar-refractivity contribution in [2.75, 3.05) is 0 Å². The molecule has 0 aliphatic heterocycles. The predicted octanol–water partition coefficient (Wildman–Crippen LogP) is 2.19. The molecule has 0 saturated carbocycles. The molecule has 0 amide bonds. The zero-order valence-corrected chi connectivity index (χ0v) is 16.8. The van der Waals surface area contributed by atoms with Crippen molar-refractivity contribution < 1.29 is 31.6 Å². The average molecular weight is 606 g/mol. The van der Waals surface area contributed by atoms with Gasteiger partial charge in [-0.1, -0.05) is 0 Å². The molecule has 0 heterocycles. The average Bonchev–Trinajstić information content (AvgIpc) is 0.592. The minimum Gasteiger partial charge on any atom is -1.00 e. The first kappa shape index (κ1) is 15.0. The van der Waals surface area contributed by atoms with Crippen LogP contribution in [-0.2, 0) is 0.665 Å². The number of hydrogen-bond acceptors (Lipinski definition) is 0. The molecule has 0 rings (SSSR count). The number of halogens is 6. The Morgan fingerprint density at radius 2 is 0.750 bits per heavy atom. The Bertz CT molecular complexity index is 71.6. The maximum absolute atomic E-state index is 3.34. The van der Waals surface area contributed by atoms with E-state index in [2.05, 4.69) is 81.7 Å². The van der Waals surface area contributed by atoms with E-state index < -0.39 is 0.665 Å². The van der Waals surface area contributed by atoms with Gasteiger partial charge in [0.2, 0.25) is 0 Å². The van der Waals surface area contributed by atoms with Crippen molar-refractivity contribution in [1.82, 2.24) is 0 Å². The second kappa shape index (κ2) is 3.34. The van der Waals surface area contributed by atoms with Crippen LogP contribution in [0.1, 0.15) is 1.43 Å². The Morgan fingerprint density at radius 1 is 0.750 bits per heavy atom. The second-order valence-electron chi connectivity index (χ2n) is 0.714. The summed E-state index contributed by atoms with van der Waals surface area (Å²) in [5.74, 6) is 0. The monoisotopic (exact) mass is 600 g/mol. The van der Waals surface area contributed by atoms with E-state index in [1.54, 1.807) is 0 Å². The van der Waals surface area contributed by atoms with Crippen LogP contribution in [0.25, 0.3) is 0 Å². The zero-order valence-electron chi connectivity index (χ0n) is 4.60. The van der Waals surface area contributed by atoms with Gasteiger partial charge >= 0.3 is 112 Å². The van der Waals surface area contributed by atoms with E-state index in [4.69, 9.17) is 0 Å². The van der Waals surface area contributed by atoms with Crippen LogP contribution in [0.15, 0.2) is 0 Å². The molecule has 0 saturated heterocycles. The molecule has 0 aromatic carbocycles. The Kier molecular flexibility index (Phi) is 6.25. The SMILES string of the molecule is [Br][Rh]([Br])([Br])([Br])([Br])[Br].[H-].[Na+]. The third-order valence-electron chi connectivity index (χ3n) is 0. The molecule has 8 heavy (non-hydrogen) atoms. The smallest absolute Gasteiger partial charge is 1.00 e. The molecular formula is HBr6NaRh. The maximum Gasteiger partial charge on any atom is 1.00 e. The van der Waals surface area contributed by atoms with E-state index in [0.29, 0.717) is 0 Å². The summed E-state index contributed by atoms with van der Waals surface area (Å²) in [7, 11) is 0. The summed E-state index contributed by atoms with van der Waals surface area (Å²) in [4.78, 5) is 0. The standard InChI is InChI=1S/6BrH.Na.Rh.H/h6*1H;;;/q;;;;;;+1;+6;-1/p-6. The molecule has 0 aromatic rings. The van der Waals surface area contributed by atoms with Gasteiger partial charge in [-0.15, -0.1) is 0 Å². The van der Waals surface area contributed by atoms with Crippen LogP contribution in [0.5, 0.6) is 0 Å². The number of rotatable bonds is 0. The third-order valence-corrected chi connectivity index (χ3v) is 0. The van der Waals surface area contributed by atoms with Crippen molar-refractivity contribution in [3.63, 3.8) is 0 Å². The molecule has 0 aliphatic rings. The largest absolute Gasteiger partial charge is 1.00 e. The van der Waals surface area contributed by atoms with Crippen LogP contribution in [0.2, 0.25) is 0 Å². The Balaban J connectivity index is -0.000000180. The first-order valence-electron chi connectivity index (χ1n) is 0.756. The van der Waals surface area contributed by atoms with Crippen LogP contribution >= 0.6 is 81.7 Å². The van der Waals surface area contributed by atoms with E-state index >= 15 is 0 Å². The molecular weight excluding hydrogens is 605 g/mol. The van der Waals surface area contributed by atoms with E-state index in [9.17, 15) is 0 Å². The number of hydrogen-bond donors (Lipinski definition) is 0. The quantitative estimate of drug-likeness (QED) is 0.372. The summed E-state index contributed by atoms with van der Waals surface area (Å²) in [6.07, 6.45) is 0. The minimum absolute atomic E-state index is 0.